The van der Waals surface area contributed by atoms with Crippen LogP contribution >= 0.6 is 22.6 Å². The van der Waals surface area contributed by atoms with Crippen molar-refractivity contribution in [2.24, 2.45) is 0 Å². The standard InChI is InChI=1S/C19H15IO3/c1-13-2-6-16(7-3-13)22-18-10-15(21)11-19(12-18)23-17-8-4-14(20)5-9-17/h2-12,21H,1H3. The van der Waals surface area contributed by atoms with Gasteiger partial charge in [0.1, 0.15) is 28.7 Å². The molecule has 1 N–H and O–H groups in total. The number of rotatable bonds is 4. The summed E-state index contributed by atoms with van der Waals surface area (Å²) in [6.45, 7) is 2.02. The lowest BCUT2D eigenvalue weighted by molar-refractivity contribution is 0.435. The number of halogens is 1. The van der Waals surface area contributed by atoms with E-state index < -0.39 is 0 Å². The van der Waals surface area contributed by atoms with Gasteiger partial charge in [-0.15, -0.1) is 0 Å². The highest BCUT2D eigenvalue weighted by Crippen LogP contribution is 2.33. The maximum Gasteiger partial charge on any atom is 0.134 e. The van der Waals surface area contributed by atoms with E-state index in [-0.39, 0.29) is 5.75 Å². The van der Waals surface area contributed by atoms with Crippen LogP contribution in [0.25, 0.3) is 0 Å². The fourth-order valence-corrected chi connectivity index (χ4v) is 2.42. The molecule has 0 unspecified atom stereocenters. The zero-order valence-electron chi connectivity index (χ0n) is 12.5. The van der Waals surface area contributed by atoms with Gasteiger partial charge in [-0.1, -0.05) is 17.7 Å². The van der Waals surface area contributed by atoms with E-state index in [1.807, 2.05) is 55.5 Å². The van der Waals surface area contributed by atoms with Crippen molar-refractivity contribution >= 4 is 22.6 Å². The van der Waals surface area contributed by atoms with Crippen LogP contribution in [0.4, 0.5) is 0 Å². The molecular formula is C19H15IO3. The van der Waals surface area contributed by atoms with Crippen LogP contribution in [-0.2, 0) is 0 Å². The molecule has 0 saturated carbocycles. The zero-order chi connectivity index (χ0) is 16.2. The topological polar surface area (TPSA) is 38.7 Å². The molecule has 4 heteroatoms. The van der Waals surface area contributed by atoms with E-state index >= 15 is 0 Å². The highest BCUT2D eigenvalue weighted by atomic mass is 127. The fraction of sp³-hybridized carbons (Fsp3) is 0.0526. The van der Waals surface area contributed by atoms with Gasteiger partial charge in [-0.2, -0.15) is 0 Å². The molecule has 23 heavy (non-hydrogen) atoms. The number of aromatic hydroxyl groups is 1. The monoisotopic (exact) mass is 418 g/mol. The molecule has 3 nitrogen and oxygen atoms in total. The summed E-state index contributed by atoms with van der Waals surface area (Å²) in [5.41, 5.74) is 1.16. The minimum absolute atomic E-state index is 0.0927. The number of hydrogen-bond donors (Lipinski definition) is 1. The van der Waals surface area contributed by atoms with Gasteiger partial charge in [0.25, 0.3) is 0 Å². The van der Waals surface area contributed by atoms with Crippen LogP contribution in [0.1, 0.15) is 5.56 Å². The first-order valence-corrected chi connectivity index (χ1v) is 8.18. The average Bonchev–Trinajstić information content (AvgIpc) is 2.51. The van der Waals surface area contributed by atoms with Crippen molar-refractivity contribution in [2.75, 3.05) is 0 Å². The van der Waals surface area contributed by atoms with E-state index in [2.05, 4.69) is 22.6 Å². The quantitative estimate of drug-likeness (QED) is 0.537. The molecule has 0 aliphatic heterocycles. The predicted molar refractivity (Wildman–Crippen MR) is 98.6 cm³/mol. The SMILES string of the molecule is Cc1ccc(Oc2cc(O)cc(Oc3ccc(I)cc3)c2)cc1. The molecule has 0 atom stereocenters. The van der Waals surface area contributed by atoms with Crippen LogP contribution in [0, 0.1) is 10.5 Å². The molecule has 3 aromatic carbocycles. The minimum Gasteiger partial charge on any atom is -0.508 e. The van der Waals surface area contributed by atoms with Crippen LogP contribution in [0.15, 0.2) is 66.7 Å². The Morgan fingerprint density at radius 1 is 0.696 bits per heavy atom. The second-order valence-electron chi connectivity index (χ2n) is 5.13. The third-order valence-corrected chi connectivity index (χ3v) is 3.89. The summed E-state index contributed by atoms with van der Waals surface area (Å²) in [7, 11) is 0. The van der Waals surface area contributed by atoms with Gasteiger partial charge in [0, 0.05) is 21.8 Å². The molecule has 0 radical (unpaired) electrons. The summed E-state index contributed by atoms with van der Waals surface area (Å²) in [4.78, 5) is 0. The van der Waals surface area contributed by atoms with Crippen molar-refractivity contribution in [3.05, 3.63) is 75.9 Å². The molecule has 0 aliphatic rings. The number of phenolic OH excluding ortho intramolecular Hbond substituents is 1. The van der Waals surface area contributed by atoms with E-state index in [4.69, 9.17) is 9.47 Å². The lowest BCUT2D eigenvalue weighted by Gasteiger charge is -2.10. The molecule has 116 valence electrons. The van der Waals surface area contributed by atoms with E-state index in [0.29, 0.717) is 23.0 Å². The molecule has 0 aliphatic carbocycles. The lowest BCUT2D eigenvalue weighted by atomic mass is 10.2. The maximum absolute atomic E-state index is 9.88. The summed E-state index contributed by atoms with van der Waals surface area (Å²) < 4.78 is 12.7. The van der Waals surface area contributed by atoms with Crippen LogP contribution in [-0.4, -0.2) is 5.11 Å². The third kappa shape index (κ3) is 4.39. The number of phenols is 1. The van der Waals surface area contributed by atoms with Gasteiger partial charge in [-0.05, 0) is 65.9 Å². The van der Waals surface area contributed by atoms with Crippen molar-refractivity contribution in [1.82, 2.24) is 0 Å². The van der Waals surface area contributed by atoms with Gasteiger partial charge in [0.2, 0.25) is 0 Å². The number of ether oxygens (including phenoxy) is 2. The van der Waals surface area contributed by atoms with Gasteiger partial charge in [0.05, 0.1) is 0 Å². The Bertz CT molecular complexity index is 730. The van der Waals surface area contributed by atoms with Gasteiger partial charge in [-0.25, -0.2) is 0 Å². The van der Waals surface area contributed by atoms with E-state index in [9.17, 15) is 5.11 Å². The molecule has 0 spiro atoms. The zero-order valence-corrected chi connectivity index (χ0v) is 14.7. The van der Waals surface area contributed by atoms with Crippen molar-refractivity contribution in [3.63, 3.8) is 0 Å². The molecule has 0 aromatic heterocycles. The lowest BCUT2D eigenvalue weighted by Crippen LogP contribution is -1.88. The first kappa shape index (κ1) is 15.7. The molecular weight excluding hydrogens is 403 g/mol. The van der Waals surface area contributed by atoms with E-state index in [1.165, 1.54) is 0 Å². The summed E-state index contributed by atoms with van der Waals surface area (Å²) in [5, 5.41) is 9.88. The Kier molecular flexibility index (Phi) is 4.71. The summed E-state index contributed by atoms with van der Waals surface area (Å²) in [6.07, 6.45) is 0. The van der Waals surface area contributed by atoms with Gasteiger partial charge < -0.3 is 14.6 Å². The van der Waals surface area contributed by atoms with Crippen molar-refractivity contribution in [2.45, 2.75) is 6.92 Å². The molecule has 0 amide bonds. The minimum atomic E-state index is 0.0927. The summed E-state index contributed by atoms with van der Waals surface area (Å²) in [5.74, 6) is 2.55. The molecule has 3 rings (SSSR count). The predicted octanol–water partition coefficient (Wildman–Crippen LogP) is 5.89. The fourth-order valence-electron chi connectivity index (χ4n) is 2.06. The summed E-state index contributed by atoms with van der Waals surface area (Å²) >= 11 is 2.24. The van der Waals surface area contributed by atoms with Crippen molar-refractivity contribution in [3.8, 4) is 28.7 Å². The first-order valence-electron chi connectivity index (χ1n) is 7.10. The Labute approximate surface area is 148 Å². The third-order valence-electron chi connectivity index (χ3n) is 3.17. The summed E-state index contributed by atoms with van der Waals surface area (Å²) in [6, 6.07) is 20.3. The Morgan fingerprint density at radius 2 is 1.17 bits per heavy atom. The van der Waals surface area contributed by atoms with Crippen LogP contribution < -0.4 is 9.47 Å². The highest BCUT2D eigenvalue weighted by Gasteiger charge is 2.05. The van der Waals surface area contributed by atoms with Gasteiger partial charge in [0.15, 0.2) is 0 Å². The maximum atomic E-state index is 9.88. The number of aryl methyl sites for hydroxylation is 1. The molecule has 0 fully saturated rings. The molecule has 0 bridgehead atoms. The van der Waals surface area contributed by atoms with Crippen LogP contribution in [0.3, 0.4) is 0 Å². The first-order chi connectivity index (χ1) is 11.1. The normalized spacial score (nSPS) is 10.3. The van der Waals surface area contributed by atoms with E-state index in [1.54, 1.807) is 18.2 Å². The second kappa shape index (κ2) is 6.91. The Hall–Kier alpha value is -2.21. The van der Waals surface area contributed by atoms with Gasteiger partial charge in [-0.3, -0.25) is 0 Å². The molecule has 0 saturated heterocycles. The number of benzene rings is 3. The Morgan fingerprint density at radius 3 is 1.70 bits per heavy atom. The van der Waals surface area contributed by atoms with Crippen molar-refractivity contribution in [1.29, 1.82) is 0 Å². The second-order valence-corrected chi connectivity index (χ2v) is 6.38. The average molecular weight is 418 g/mol. The van der Waals surface area contributed by atoms with Crippen molar-refractivity contribution < 1.29 is 14.6 Å². The number of hydrogen-bond acceptors (Lipinski definition) is 3. The van der Waals surface area contributed by atoms with Crippen LogP contribution in [0.5, 0.6) is 28.7 Å². The highest BCUT2D eigenvalue weighted by molar-refractivity contribution is 14.1. The van der Waals surface area contributed by atoms with Crippen LogP contribution in [0.2, 0.25) is 0 Å². The molecule has 0 heterocycles. The smallest absolute Gasteiger partial charge is 0.134 e. The molecule has 3 aromatic rings. The largest absolute Gasteiger partial charge is 0.508 e. The Balaban J connectivity index is 1.81. The van der Waals surface area contributed by atoms with Gasteiger partial charge >= 0.3 is 0 Å². The van der Waals surface area contributed by atoms with E-state index in [0.717, 1.165) is 9.13 Å².